The van der Waals surface area contributed by atoms with Gasteiger partial charge in [0, 0.05) is 17.8 Å². The van der Waals surface area contributed by atoms with Crippen LogP contribution in [0.2, 0.25) is 0 Å². The van der Waals surface area contributed by atoms with Crippen molar-refractivity contribution in [3.63, 3.8) is 0 Å². The second-order valence-electron chi connectivity index (χ2n) is 7.13. The summed E-state index contributed by atoms with van der Waals surface area (Å²) < 4.78 is 41.8. The highest BCUT2D eigenvalue weighted by molar-refractivity contribution is 7.99. The van der Waals surface area contributed by atoms with Crippen LogP contribution < -0.4 is 5.56 Å². The number of pyridine rings is 1. The number of hydrogen-bond donors (Lipinski definition) is 0. The van der Waals surface area contributed by atoms with Crippen molar-refractivity contribution in [2.45, 2.75) is 22.9 Å². The van der Waals surface area contributed by atoms with Gasteiger partial charge in [0.1, 0.15) is 5.03 Å². The van der Waals surface area contributed by atoms with Crippen molar-refractivity contribution in [1.29, 1.82) is 0 Å². The van der Waals surface area contributed by atoms with E-state index in [1.54, 1.807) is 60.9 Å². The normalized spacial score (nSPS) is 11.8. The summed E-state index contributed by atoms with van der Waals surface area (Å²) in [7, 11) is 0. The predicted molar refractivity (Wildman–Crippen MR) is 118 cm³/mol. The van der Waals surface area contributed by atoms with Gasteiger partial charge in [-0.3, -0.25) is 14.3 Å². The van der Waals surface area contributed by atoms with E-state index in [0.717, 1.165) is 17.3 Å². The van der Waals surface area contributed by atoms with Gasteiger partial charge in [0.2, 0.25) is 5.82 Å². The summed E-state index contributed by atoms with van der Waals surface area (Å²) in [4.78, 5) is 29.4. The van der Waals surface area contributed by atoms with E-state index in [-0.39, 0.29) is 27.8 Å². The third-order valence-corrected chi connectivity index (χ3v) is 5.90. The number of aromatic nitrogens is 5. The molecule has 2 aromatic carbocycles. The predicted octanol–water partition coefficient (Wildman–Crippen LogP) is 4.95. The van der Waals surface area contributed by atoms with Crippen LogP contribution in [0.15, 0.2) is 88.0 Å². The van der Waals surface area contributed by atoms with Crippen LogP contribution in [0.3, 0.4) is 0 Å². The van der Waals surface area contributed by atoms with E-state index in [1.165, 1.54) is 10.6 Å². The molecule has 0 aliphatic carbocycles. The van der Waals surface area contributed by atoms with E-state index >= 15 is 0 Å². The largest absolute Gasteiger partial charge is 0.451 e. The molecular weight excluding hydrogens is 451 g/mol. The molecular formula is C23H14F3N5OS. The fourth-order valence-electron chi connectivity index (χ4n) is 3.38. The van der Waals surface area contributed by atoms with Gasteiger partial charge in [-0.15, -0.1) is 0 Å². The Morgan fingerprint density at radius 3 is 2.24 bits per heavy atom. The molecule has 0 saturated heterocycles. The molecule has 10 heteroatoms. The van der Waals surface area contributed by atoms with Crippen LogP contribution in [-0.4, -0.2) is 24.5 Å². The number of para-hydroxylation sites is 2. The Labute approximate surface area is 189 Å². The van der Waals surface area contributed by atoms with Crippen LogP contribution in [0.25, 0.3) is 21.8 Å². The summed E-state index contributed by atoms with van der Waals surface area (Å²) in [5.74, 6) is -1.24. The number of halogens is 3. The number of hydrogen-bond acceptors (Lipinski definition) is 6. The summed E-state index contributed by atoms with van der Waals surface area (Å²) in [5.41, 5.74) is 1.05. The molecule has 0 bridgehead atoms. The van der Waals surface area contributed by atoms with Gasteiger partial charge in [0.25, 0.3) is 5.56 Å². The SMILES string of the molecule is O=c1c2ccccc2nc(Sc2nc(C(F)(F)F)nc3ccccc23)n1Cc1cccnc1. The van der Waals surface area contributed by atoms with Crippen LogP contribution in [0.5, 0.6) is 0 Å². The monoisotopic (exact) mass is 465 g/mol. The van der Waals surface area contributed by atoms with Gasteiger partial charge in [-0.05, 0) is 41.6 Å². The molecule has 3 heterocycles. The Balaban J connectivity index is 1.71. The summed E-state index contributed by atoms with van der Waals surface area (Å²) >= 11 is 0.903. The lowest BCUT2D eigenvalue weighted by Crippen LogP contribution is -2.24. The summed E-state index contributed by atoms with van der Waals surface area (Å²) in [5, 5.41) is 1.13. The van der Waals surface area contributed by atoms with Gasteiger partial charge in [0.05, 0.1) is 23.0 Å². The van der Waals surface area contributed by atoms with Crippen LogP contribution in [0.1, 0.15) is 11.4 Å². The van der Waals surface area contributed by atoms with Crippen LogP contribution >= 0.6 is 11.8 Å². The topological polar surface area (TPSA) is 73.6 Å². The molecule has 5 rings (SSSR count). The van der Waals surface area contributed by atoms with Gasteiger partial charge in [0.15, 0.2) is 5.16 Å². The minimum Gasteiger partial charge on any atom is -0.282 e. The first-order valence-corrected chi connectivity index (χ1v) is 10.6. The second-order valence-corrected chi connectivity index (χ2v) is 8.09. The van der Waals surface area contributed by atoms with Gasteiger partial charge in [-0.25, -0.2) is 15.0 Å². The molecule has 3 aromatic heterocycles. The molecule has 0 radical (unpaired) electrons. The smallest absolute Gasteiger partial charge is 0.282 e. The lowest BCUT2D eigenvalue weighted by atomic mass is 10.2. The highest BCUT2D eigenvalue weighted by Gasteiger charge is 2.35. The zero-order valence-corrected chi connectivity index (χ0v) is 17.6. The number of nitrogens with zero attached hydrogens (tertiary/aromatic N) is 5. The lowest BCUT2D eigenvalue weighted by Gasteiger charge is -2.14. The summed E-state index contributed by atoms with van der Waals surface area (Å²) in [6.07, 6.45) is -1.48. The van der Waals surface area contributed by atoms with E-state index in [2.05, 4.69) is 19.9 Å². The highest BCUT2D eigenvalue weighted by atomic mass is 32.2. The fraction of sp³-hybridized carbons (Fsp3) is 0.0870. The Morgan fingerprint density at radius 2 is 1.55 bits per heavy atom. The maximum atomic E-state index is 13.5. The second kappa shape index (κ2) is 8.28. The third kappa shape index (κ3) is 4.17. The zero-order chi connectivity index (χ0) is 23.0. The summed E-state index contributed by atoms with van der Waals surface area (Å²) in [6, 6.07) is 16.8. The lowest BCUT2D eigenvalue weighted by molar-refractivity contribution is -0.145. The van der Waals surface area contributed by atoms with Crippen molar-refractivity contribution in [1.82, 2.24) is 24.5 Å². The minimum absolute atomic E-state index is 0.0649. The molecule has 0 unspecified atom stereocenters. The highest BCUT2D eigenvalue weighted by Crippen LogP contribution is 2.34. The van der Waals surface area contributed by atoms with Crippen molar-refractivity contribution in [3.8, 4) is 0 Å². The molecule has 0 spiro atoms. The van der Waals surface area contributed by atoms with Crippen molar-refractivity contribution in [2.24, 2.45) is 0 Å². The first kappa shape index (κ1) is 21.1. The first-order valence-electron chi connectivity index (χ1n) is 9.80. The molecule has 0 amide bonds. The maximum Gasteiger partial charge on any atom is 0.451 e. The molecule has 0 fully saturated rings. The number of rotatable bonds is 4. The Morgan fingerprint density at radius 1 is 0.848 bits per heavy atom. The first-order chi connectivity index (χ1) is 15.9. The molecule has 164 valence electrons. The van der Waals surface area contributed by atoms with Crippen LogP contribution in [-0.2, 0) is 12.7 Å². The standard InChI is InChI=1S/C23H14F3N5OS/c24-23(25,26)21-28-17-9-3-1-7-15(17)19(30-21)33-22-29-18-10-4-2-8-16(18)20(32)31(22)13-14-6-5-11-27-12-14/h1-12H,13H2. The van der Waals surface area contributed by atoms with Crippen molar-refractivity contribution in [2.75, 3.05) is 0 Å². The van der Waals surface area contributed by atoms with Crippen LogP contribution in [0.4, 0.5) is 13.2 Å². The zero-order valence-electron chi connectivity index (χ0n) is 16.8. The Kier molecular flexibility index (Phi) is 5.29. The summed E-state index contributed by atoms with van der Waals surface area (Å²) in [6.45, 7) is 0.155. The molecule has 0 atom stereocenters. The maximum absolute atomic E-state index is 13.5. The molecule has 0 aliphatic heterocycles. The fourth-order valence-corrected chi connectivity index (χ4v) is 4.37. The van der Waals surface area contributed by atoms with E-state index in [9.17, 15) is 18.0 Å². The van der Waals surface area contributed by atoms with Gasteiger partial charge >= 0.3 is 6.18 Å². The van der Waals surface area contributed by atoms with Crippen molar-refractivity contribution >= 4 is 33.6 Å². The van der Waals surface area contributed by atoms with Crippen molar-refractivity contribution < 1.29 is 13.2 Å². The number of alkyl halides is 3. The van der Waals surface area contributed by atoms with E-state index in [0.29, 0.717) is 16.3 Å². The molecule has 33 heavy (non-hydrogen) atoms. The number of fused-ring (bicyclic) bond motifs is 2. The van der Waals surface area contributed by atoms with Gasteiger partial charge < -0.3 is 0 Å². The van der Waals surface area contributed by atoms with Gasteiger partial charge in [-0.2, -0.15) is 13.2 Å². The molecule has 6 nitrogen and oxygen atoms in total. The van der Waals surface area contributed by atoms with E-state index < -0.39 is 12.0 Å². The average Bonchev–Trinajstić information content (AvgIpc) is 2.81. The van der Waals surface area contributed by atoms with Crippen LogP contribution in [0, 0.1) is 0 Å². The average molecular weight is 465 g/mol. The van der Waals surface area contributed by atoms with E-state index in [4.69, 9.17) is 0 Å². The Bertz CT molecular complexity index is 1540. The number of benzene rings is 2. The molecule has 0 N–H and O–H groups in total. The molecule has 5 aromatic rings. The van der Waals surface area contributed by atoms with E-state index in [1.807, 2.05) is 6.07 Å². The minimum atomic E-state index is -4.72. The van der Waals surface area contributed by atoms with Gasteiger partial charge in [-0.1, -0.05) is 36.4 Å². The molecule has 0 aliphatic rings. The Hall–Kier alpha value is -3.79. The van der Waals surface area contributed by atoms with Crippen molar-refractivity contribution in [3.05, 3.63) is 94.8 Å². The molecule has 0 saturated carbocycles. The third-order valence-electron chi connectivity index (χ3n) is 4.90. The quantitative estimate of drug-likeness (QED) is 0.276.